The Labute approximate surface area is 128 Å². The number of aryl methyl sites for hydroxylation is 1. The zero-order chi connectivity index (χ0) is 14.7. The van der Waals surface area contributed by atoms with Gasteiger partial charge in [0.1, 0.15) is 12.4 Å². The molecule has 106 valence electrons. The van der Waals surface area contributed by atoms with Crippen molar-refractivity contribution in [3.63, 3.8) is 0 Å². The van der Waals surface area contributed by atoms with Gasteiger partial charge >= 0.3 is 0 Å². The average Bonchev–Trinajstić information content (AvgIpc) is 3.03. The standard InChI is InChI=1S/C17H15ClN2O/c1-13-3-8-16(11-17(13)18)21-12-14-4-6-15(7-5-14)20-10-2-9-19-20/h2-11H,12H2,1H3. The van der Waals surface area contributed by atoms with Crippen LogP contribution in [-0.4, -0.2) is 9.78 Å². The topological polar surface area (TPSA) is 27.1 Å². The van der Waals surface area contributed by atoms with Gasteiger partial charge in [-0.05, 0) is 48.4 Å². The van der Waals surface area contributed by atoms with Crippen molar-refractivity contribution in [1.29, 1.82) is 0 Å². The van der Waals surface area contributed by atoms with Crippen LogP contribution in [0.25, 0.3) is 5.69 Å². The van der Waals surface area contributed by atoms with Crippen LogP contribution in [-0.2, 0) is 6.61 Å². The molecule has 3 nitrogen and oxygen atoms in total. The highest BCUT2D eigenvalue weighted by Crippen LogP contribution is 2.22. The second-order valence-corrected chi connectivity index (χ2v) is 5.22. The van der Waals surface area contributed by atoms with Crippen LogP contribution in [0.1, 0.15) is 11.1 Å². The number of aromatic nitrogens is 2. The van der Waals surface area contributed by atoms with Gasteiger partial charge in [-0.1, -0.05) is 29.8 Å². The minimum atomic E-state index is 0.513. The largest absolute Gasteiger partial charge is 0.489 e. The monoisotopic (exact) mass is 298 g/mol. The van der Waals surface area contributed by atoms with E-state index < -0.39 is 0 Å². The molecule has 0 aliphatic heterocycles. The minimum absolute atomic E-state index is 0.513. The van der Waals surface area contributed by atoms with E-state index in [1.807, 2.05) is 66.3 Å². The van der Waals surface area contributed by atoms with E-state index in [4.69, 9.17) is 16.3 Å². The first kappa shape index (κ1) is 13.7. The Morgan fingerprint density at radius 1 is 1.14 bits per heavy atom. The van der Waals surface area contributed by atoms with Crippen molar-refractivity contribution >= 4 is 11.6 Å². The highest BCUT2D eigenvalue weighted by atomic mass is 35.5. The molecule has 0 fully saturated rings. The summed E-state index contributed by atoms with van der Waals surface area (Å²) in [6.07, 6.45) is 3.68. The van der Waals surface area contributed by atoms with E-state index in [1.54, 1.807) is 6.20 Å². The van der Waals surface area contributed by atoms with Crippen molar-refractivity contribution in [2.24, 2.45) is 0 Å². The van der Waals surface area contributed by atoms with Crippen molar-refractivity contribution in [3.8, 4) is 11.4 Å². The summed E-state index contributed by atoms with van der Waals surface area (Å²) in [6, 6.07) is 15.7. The molecule has 1 aromatic heterocycles. The van der Waals surface area contributed by atoms with E-state index in [-0.39, 0.29) is 0 Å². The predicted octanol–water partition coefficient (Wildman–Crippen LogP) is 4.41. The summed E-state index contributed by atoms with van der Waals surface area (Å²) in [5.74, 6) is 0.779. The molecule has 0 N–H and O–H groups in total. The zero-order valence-corrected chi connectivity index (χ0v) is 12.4. The van der Waals surface area contributed by atoms with Crippen molar-refractivity contribution < 1.29 is 4.74 Å². The Hall–Kier alpha value is -2.26. The molecule has 0 aliphatic rings. The maximum atomic E-state index is 6.08. The first-order valence-corrected chi connectivity index (χ1v) is 7.08. The van der Waals surface area contributed by atoms with Crippen molar-refractivity contribution in [2.45, 2.75) is 13.5 Å². The SMILES string of the molecule is Cc1ccc(OCc2ccc(-n3cccn3)cc2)cc1Cl. The van der Waals surface area contributed by atoms with E-state index in [0.717, 1.165) is 27.6 Å². The van der Waals surface area contributed by atoms with Gasteiger partial charge in [-0.2, -0.15) is 5.10 Å². The molecule has 0 amide bonds. The van der Waals surface area contributed by atoms with Crippen LogP contribution in [0.3, 0.4) is 0 Å². The lowest BCUT2D eigenvalue weighted by atomic mass is 10.2. The van der Waals surface area contributed by atoms with Crippen molar-refractivity contribution in [3.05, 3.63) is 77.1 Å². The fourth-order valence-electron chi connectivity index (χ4n) is 2.00. The fourth-order valence-corrected chi connectivity index (χ4v) is 2.17. The predicted molar refractivity (Wildman–Crippen MR) is 84.1 cm³/mol. The summed E-state index contributed by atoms with van der Waals surface area (Å²) in [5.41, 5.74) is 3.18. The van der Waals surface area contributed by atoms with E-state index in [0.29, 0.717) is 6.61 Å². The Morgan fingerprint density at radius 2 is 1.95 bits per heavy atom. The number of ether oxygens (including phenoxy) is 1. The lowest BCUT2D eigenvalue weighted by Gasteiger charge is -2.08. The molecule has 0 bridgehead atoms. The van der Waals surface area contributed by atoms with E-state index in [1.165, 1.54) is 0 Å². The summed E-state index contributed by atoms with van der Waals surface area (Å²) in [6.45, 7) is 2.49. The summed E-state index contributed by atoms with van der Waals surface area (Å²) in [5, 5.41) is 4.92. The van der Waals surface area contributed by atoms with Crippen LogP contribution >= 0.6 is 11.6 Å². The molecule has 0 atom stereocenters. The van der Waals surface area contributed by atoms with Gasteiger partial charge in [-0.15, -0.1) is 0 Å². The molecule has 0 saturated heterocycles. The Morgan fingerprint density at radius 3 is 2.62 bits per heavy atom. The minimum Gasteiger partial charge on any atom is -0.489 e. The Bertz CT molecular complexity index is 721. The molecular weight excluding hydrogens is 284 g/mol. The van der Waals surface area contributed by atoms with Gasteiger partial charge in [0, 0.05) is 17.4 Å². The van der Waals surface area contributed by atoms with Crippen LogP contribution in [0.5, 0.6) is 5.75 Å². The number of hydrogen-bond donors (Lipinski definition) is 0. The molecule has 0 unspecified atom stereocenters. The van der Waals surface area contributed by atoms with E-state index in [9.17, 15) is 0 Å². The Balaban J connectivity index is 1.66. The van der Waals surface area contributed by atoms with Gasteiger partial charge in [0.15, 0.2) is 0 Å². The van der Waals surface area contributed by atoms with Crippen LogP contribution in [0.2, 0.25) is 5.02 Å². The third kappa shape index (κ3) is 3.26. The Kier molecular flexibility index (Phi) is 3.93. The molecule has 21 heavy (non-hydrogen) atoms. The third-order valence-electron chi connectivity index (χ3n) is 3.25. The molecular formula is C17H15ClN2O. The van der Waals surface area contributed by atoms with Gasteiger partial charge < -0.3 is 4.74 Å². The summed E-state index contributed by atoms with van der Waals surface area (Å²) < 4.78 is 7.58. The average molecular weight is 299 g/mol. The number of rotatable bonds is 4. The van der Waals surface area contributed by atoms with Gasteiger partial charge in [0.2, 0.25) is 0 Å². The van der Waals surface area contributed by atoms with E-state index in [2.05, 4.69) is 5.10 Å². The first-order chi connectivity index (χ1) is 10.2. The number of halogens is 1. The maximum absolute atomic E-state index is 6.08. The second-order valence-electron chi connectivity index (χ2n) is 4.82. The normalized spacial score (nSPS) is 10.6. The maximum Gasteiger partial charge on any atom is 0.121 e. The van der Waals surface area contributed by atoms with Crippen LogP contribution in [0, 0.1) is 6.92 Å². The molecule has 0 radical (unpaired) electrons. The lowest BCUT2D eigenvalue weighted by molar-refractivity contribution is 0.306. The van der Waals surface area contributed by atoms with Gasteiger partial charge in [0.05, 0.1) is 5.69 Å². The molecule has 0 aliphatic carbocycles. The molecule has 2 aromatic carbocycles. The summed E-state index contributed by atoms with van der Waals surface area (Å²) in [4.78, 5) is 0. The van der Waals surface area contributed by atoms with Crippen molar-refractivity contribution in [2.75, 3.05) is 0 Å². The highest BCUT2D eigenvalue weighted by Gasteiger charge is 2.01. The summed E-state index contributed by atoms with van der Waals surface area (Å²) >= 11 is 6.08. The quantitative estimate of drug-likeness (QED) is 0.713. The third-order valence-corrected chi connectivity index (χ3v) is 3.66. The fraction of sp³-hybridized carbons (Fsp3) is 0.118. The smallest absolute Gasteiger partial charge is 0.121 e. The second kappa shape index (κ2) is 6.02. The number of benzene rings is 2. The molecule has 3 rings (SSSR count). The van der Waals surface area contributed by atoms with Gasteiger partial charge in [0.25, 0.3) is 0 Å². The highest BCUT2D eigenvalue weighted by molar-refractivity contribution is 6.31. The van der Waals surface area contributed by atoms with Crippen molar-refractivity contribution in [1.82, 2.24) is 9.78 Å². The van der Waals surface area contributed by atoms with E-state index >= 15 is 0 Å². The molecule has 0 saturated carbocycles. The van der Waals surface area contributed by atoms with Crippen LogP contribution in [0.15, 0.2) is 60.9 Å². The number of hydrogen-bond acceptors (Lipinski definition) is 2. The lowest BCUT2D eigenvalue weighted by Crippen LogP contribution is -1.98. The zero-order valence-electron chi connectivity index (χ0n) is 11.7. The van der Waals surface area contributed by atoms with Gasteiger partial charge in [-0.25, -0.2) is 4.68 Å². The molecule has 1 heterocycles. The number of nitrogens with zero attached hydrogens (tertiary/aromatic N) is 2. The van der Waals surface area contributed by atoms with Gasteiger partial charge in [-0.3, -0.25) is 0 Å². The van der Waals surface area contributed by atoms with Crippen LogP contribution < -0.4 is 4.74 Å². The first-order valence-electron chi connectivity index (χ1n) is 6.70. The molecule has 4 heteroatoms. The molecule has 3 aromatic rings. The molecule has 0 spiro atoms. The van der Waals surface area contributed by atoms with Crippen LogP contribution in [0.4, 0.5) is 0 Å². The summed E-state index contributed by atoms with van der Waals surface area (Å²) in [7, 11) is 0.